The lowest BCUT2D eigenvalue weighted by atomic mass is 9.76. The molecule has 0 unspecified atom stereocenters. The Bertz CT molecular complexity index is 616. The van der Waals surface area contributed by atoms with Gasteiger partial charge in [-0.05, 0) is 26.7 Å². The number of ether oxygens (including phenoxy) is 1. The fourth-order valence-electron chi connectivity index (χ4n) is 3.64. The van der Waals surface area contributed by atoms with Crippen molar-refractivity contribution in [2.24, 2.45) is 0 Å². The van der Waals surface area contributed by atoms with Crippen LogP contribution in [0.15, 0.2) is 4.42 Å². The van der Waals surface area contributed by atoms with Gasteiger partial charge in [-0.25, -0.2) is 4.98 Å². The van der Waals surface area contributed by atoms with Gasteiger partial charge < -0.3 is 24.3 Å². The molecular formula is C17H26N2O5. The molecular weight excluding hydrogens is 312 g/mol. The Kier molecular flexibility index (Phi) is 4.44. The second-order valence-corrected chi connectivity index (χ2v) is 7.21. The van der Waals surface area contributed by atoms with Crippen LogP contribution in [0.1, 0.15) is 55.2 Å². The van der Waals surface area contributed by atoms with E-state index >= 15 is 0 Å². The van der Waals surface area contributed by atoms with Crippen LogP contribution in [-0.2, 0) is 11.2 Å². The smallest absolute Gasteiger partial charge is 0.291 e. The number of carbonyl (C=O) groups excluding carboxylic acids is 1. The van der Waals surface area contributed by atoms with Crippen molar-refractivity contribution in [3.63, 3.8) is 0 Å². The maximum atomic E-state index is 12.7. The van der Waals surface area contributed by atoms with E-state index in [9.17, 15) is 15.0 Å². The van der Waals surface area contributed by atoms with Crippen molar-refractivity contribution in [3.8, 4) is 0 Å². The van der Waals surface area contributed by atoms with Crippen LogP contribution in [0.5, 0.6) is 0 Å². The first-order chi connectivity index (χ1) is 11.3. The summed E-state index contributed by atoms with van der Waals surface area (Å²) in [7, 11) is 0. The molecule has 134 valence electrons. The summed E-state index contributed by atoms with van der Waals surface area (Å²) in [5.41, 5.74) is -0.996. The van der Waals surface area contributed by atoms with Crippen molar-refractivity contribution in [3.05, 3.63) is 17.3 Å². The summed E-state index contributed by atoms with van der Waals surface area (Å²) in [4.78, 5) is 18.7. The van der Waals surface area contributed by atoms with Crippen molar-refractivity contribution in [1.29, 1.82) is 0 Å². The monoisotopic (exact) mass is 338 g/mol. The number of likely N-dealkylation sites (tertiary alicyclic amines) is 1. The normalized spacial score (nSPS) is 29.9. The molecule has 2 aliphatic rings. The highest BCUT2D eigenvalue weighted by Crippen LogP contribution is 2.39. The summed E-state index contributed by atoms with van der Waals surface area (Å²) in [6.45, 7) is 6.56. The number of aliphatic hydroxyl groups excluding tert-OH is 1. The van der Waals surface area contributed by atoms with Gasteiger partial charge in [-0.2, -0.15) is 0 Å². The summed E-state index contributed by atoms with van der Waals surface area (Å²) >= 11 is 0. The van der Waals surface area contributed by atoms with Crippen LogP contribution >= 0.6 is 0 Å². The van der Waals surface area contributed by atoms with Crippen molar-refractivity contribution in [2.45, 2.75) is 63.8 Å². The van der Waals surface area contributed by atoms with Crippen LogP contribution in [-0.4, -0.2) is 63.0 Å². The van der Waals surface area contributed by atoms with Gasteiger partial charge in [-0.1, -0.05) is 6.92 Å². The van der Waals surface area contributed by atoms with E-state index in [0.717, 1.165) is 0 Å². The Morgan fingerprint density at radius 3 is 2.62 bits per heavy atom. The minimum Gasteiger partial charge on any atom is -0.435 e. The highest BCUT2D eigenvalue weighted by molar-refractivity contribution is 5.92. The summed E-state index contributed by atoms with van der Waals surface area (Å²) in [5.74, 6) is 0.747. The van der Waals surface area contributed by atoms with Crippen molar-refractivity contribution >= 4 is 5.91 Å². The van der Waals surface area contributed by atoms with Gasteiger partial charge in [0.1, 0.15) is 6.10 Å². The highest BCUT2D eigenvalue weighted by atomic mass is 16.5. The summed E-state index contributed by atoms with van der Waals surface area (Å²) < 4.78 is 11.4. The first-order valence-corrected chi connectivity index (χ1v) is 8.56. The Balaban J connectivity index is 1.66. The number of piperidine rings is 1. The Morgan fingerprint density at radius 1 is 1.42 bits per heavy atom. The Morgan fingerprint density at radius 2 is 2.08 bits per heavy atom. The maximum absolute atomic E-state index is 12.7. The largest absolute Gasteiger partial charge is 0.435 e. The average Bonchev–Trinajstić information content (AvgIpc) is 2.92. The molecule has 2 saturated heterocycles. The van der Waals surface area contributed by atoms with Crippen LogP contribution in [0.3, 0.4) is 0 Å². The molecule has 0 aromatic carbocycles. The minimum absolute atomic E-state index is 0.127. The number of oxazole rings is 1. The fourth-order valence-corrected chi connectivity index (χ4v) is 3.64. The van der Waals surface area contributed by atoms with Gasteiger partial charge in [-0.3, -0.25) is 4.79 Å². The molecule has 2 N–H and O–H groups in total. The molecule has 7 nitrogen and oxygen atoms in total. The zero-order valence-electron chi connectivity index (χ0n) is 14.5. The fraction of sp³-hybridized carbons (Fsp3) is 0.765. The molecule has 0 bridgehead atoms. The Hall–Kier alpha value is -1.44. The second kappa shape index (κ2) is 6.13. The molecule has 1 aromatic rings. The molecule has 2 fully saturated rings. The Labute approximate surface area is 141 Å². The molecule has 1 amide bonds. The van der Waals surface area contributed by atoms with Crippen LogP contribution in [0.25, 0.3) is 0 Å². The number of carbonyl (C=O) groups is 1. The number of hydrogen-bond donors (Lipinski definition) is 2. The van der Waals surface area contributed by atoms with E-state index < -0.39 is 17.3 Å². The van der Waals surface area contributed by atoms with Gasteiger partial charge in [0.2, 0.25) is 5.76 Å². The second-order valence-electron chi connectivity index (χ2n) is 7.21. The molecule has 1 spiro atoms. The van der Waals surface area contributed by atoms with E-state index in [4.69, 9.17) is 9.15 Å². The molecule has 7 heteroatoms. The number of amides is 1. The molecule has 0 radical (unpaired) electrons. The third-order valence-electron chi connectivity index (χ3n) is 5.24. The van der Waals surface area contributed by atoms with E-state index in [1.54, 1.807) is 18.7 Å². The third kappa shape index (κ3) is 3.08. The maximum Gasteiger partial charge on any atom is 0.291 e. The highest BCUT2D eigenvalue weighted by Gasteiger charge is 2.49. The van der Waals surface area contributed by atoms with E-state index in [0.29, 0.717) is 56.1 Å². The van der Waals surface area contributed by atoms with Gasteiger partial charge in [0.15, 0.2) is 5.89 Å². The predicted octanol–water partition coefficient (Wildman–Crippen LogP) is 1.05. The molecule has 0 aliphatic carbocycles. The third-order valence-corrected chi connectivity index (χ3v) is 5.24. The lowest BCUT2D eigenvalue weighted by molar-refractivity contribution is -0.221. The van der Waals surface area contributed by atoms with Gasteiger partial charge in [-0.15, -0.1) is 0 Å². The molecule has 0 saturated carbocycles. The molecule has 24 heavy (non-hydrogen) atoms. The van der Waals surface area contributed by atoms with Gasteiger partial charge in [0.05, 0.1) is 23.5 Å². The van der Waals surface area contributed by atoms with E-state index in [-0.39, 0.29) is 12.5 Å². The number of hydrogen-bond acceptors (Lipinski definition) is 6. The summed E-state index contributed by atoms with van der Waals surface area (Å²) in [6.07, 6.45) is 1.43. The van der Waals surface area contributed by atoms with Crippen LogP contribution in [0.4, 0.5) is 0 Å². The summed E-state index contributed by atoms with van der Waals surface area (Å²) in [6, 6.07) is 0. The number of aromatic nitrogens is 1. The zero-order valence-corrected chi connectivity index (χ0v) is 14.5. The summed E-state index contributed by atoms with van der Waals surface area (Å²) in [5, 5.41) is 20.2. The van der Waals surface area contributed by atoms with E-state index in [1.807, 2.05) is 6.92 Å². The van der Waals surface area contributed by atoms with Gasteiger partial charge in [0.25, 0.3) is 5.91 Å². The number of aryl methyl sites for hydroxylation is 2. The van der Waals surface area contributed by atoms with Gasteiger partial charge >= 0.3 is 0 Å². The SMILES string of the molecule is CCc1nc(C)c(C(=O)N2CCC3(CC2)C[C@](C)(O)[C@@H](O)CO3)o1. The standard InChI is InChI=1S/C17H26N2O5/c1-4-13-18-11(2)14(24-13)15(21)19-7-5-17(6-8-19)10-16(3,22)12(20)9-23-17/h12,20,22H,4-10H2,1-3H3/t12-,16-/m0/s1. The van der Waals surface area contributed by atoms with E-state index in [1.165, 1.54) is 0 Å². The molecule has 2 atom stereocenters. The first kappa shape index (κ1) is 17.4. The number of aliphatic hydroxyl groups is 2. The molecule has 1 aromatic heterocycles. The van der Waals surface area contributed by atoms with Crippen LogP contribution in [0, 0.1) is 6.92 Å². The topological polar surface area (TPSA) is 96.0 Å². The van der Waals surface area contributed by atoms with E-state index in [2.05, 4.69) is 4.98 Å². The van der Waals surface area contributed by atoms with Crippen molar-refractivity contribution < 1.29 is 24.2 Å². The number of rotatable bonds is 2. The molecule has 3 rings (SSSR count). The van der Waals surface area contributed by atoms with Crippen molar-refractivity contribution in [1.82, 2.24) is 9.88 Å². The minimum atomic E-state index is -1.15. The quantitative estimate of drug-likeness (QED) is 0.837. The van der Waals surface area contributed by atoms with Gasteiger partial charge in [0, 0.05) is 25.9 Å². The van der Waals surface area contributed by atoms with Crippen molar-refractivity contribution in [2.75, 3.05) is 19.7 Å². The molecule has 3 heterocycles. The lowest BCUT2D eigenvalue weighted by Crippen LogP contribution is -2.59. The first-order valence-electron chi connectivity index (χ1n) is 8.56. The van der Waals surface area contributed by atoms with Crippen LogP contribution < -0.4 is 0 Å². The zero-order chi connectivity index (χ0) is 17.5. The number of nitrogens with zero attached hydrogens (tertiary/aromatic N) is 2. The predicted molar refractivity (Wildman–Crippen MR) is 85.7 cm³/mol. The lowest BCUT2D eigenvalue weighted by Gasteiger charge is -2.49. The molecule has 2 aliphatic heterocycles. The van der Waals surface area contributed by atoms with Crippen LogP contribution in [0.2, 0.25) is 0 Å². The average molecular weight is 338 g/mol.